The number of halogens is 4. The molecule has 1 aliphatic rings. The van der Waals surface area contributed by atoms with Gasteiger partial charge in [0.05, 0.1) is 0 Å². The van der Waals surface area contributed by atoms with Gasteiger partial charge in [0.25, 0.3) is 0 Å². The molecule has 2 nitrogen and oxygen atoms in total. The third-order valence-electron chi connectivity index (χ3n) is 2.27. The van der Waals surface area contributed by atoms with Crippen molar-refractivity contribution >= 4 is 5.78 Å². The predicted molar refractivity (Wildman–Crippen MR) is 44.9 cm³/mol. The molecule has 1 saturated carbocycles. The minimum atomic E-state index is -1.58. The second-order valence-corrected chi connectivity index (χ2v) is 3.48. The average molecular weight is 234 g/mol. The third-order valence-corrected chi connectivity index (χ3v) is 2.27. The first-order valence-corrected chi connectivity index (χ1v) is 4.50. The van der Waals surface area contributed by atoms with Crippen molar-refractivity contribution in [2.24, 2.45) is 0 Å². The molecule has 0 N–H and O–H groups in total. The molecule has 1 aromatic carbocycles. The highest BCUT2D eigenvalue weighted by Crippen LogP contribution is 2.30. The zero-order chi connectivity index (χ0) is 11.9. The highest BCUT2D eigenvalue weighted by Gasteiger charge is 2.31. The van der Waals surface area contributed by atoms with Gasteiger partial charge < -0.3 is 4.74 Å². The van der Waals surface area contributed by atoms with Crippen LogP contribution in [0.25, 0.3) is 0 Å². The van der Waals surface area contributed by atoms with Gasteiger partial charge in [-0.3, -0.25) is 4.79 Å². The van der Waals surface area contributed by atoms with E-state index in [9.17, 15) is 22.4 Å². The molecule has 0 saturated heterocycles. The number of rotatable bonds is 2. The van der Waals surface area contributed by atoms with Crippen LogP contribution in [0.4, 0.5) is 17.6 Å². The second-order valence-electron chi connectivity index (χ2n) is 3.48. The maximum absolute atomic E-state index is 13.1. The minimum Gasteiger partial charge on any atom is -0.483 e. The molecular weight excluding hydrogens is 228 g/mol. The fourth-order valence-electron chi connectivity index (χ4n) is 1.35. The molecule has 2 rings (SSSR count). The lowest BCUT2D eigenvalue weighted by Gasteiger charge is -2.25. The zero-order valence-corrected chi connectivity index (χ0v) is 7.90. The quantitative estimate of drug-likeness (QED) is 0.580. The summed E-state index contributed by atoms with van der Waals surface area (Å²) in [6.45, 7) is 0. The molecule has 0 aliphatic heterocycles. The Balaban J connectivity index is 2.28. The number of ketones is 1. The van der Waals surface area contributed by atoms with Gasteiger partial charge in [-0.15, -0.1) is 0 Å². The molecule has 0 heterocycles. The molecule has 0 bridgehead atoms. The van der Waals surface area contributed by atoms with E-state index in [2.05, 4.69) is 0 Å². The van der Waals surface area contributed by atoms with Gasteiger partial charge in [0.2, 0.25) is 11.6 Å². The van der Waals surface area contributed by atoms with E-state index in [1.165, 1.54) is 0 Å². The summed E-state index contributed by atoms with van der Waals surface area (Å²) >= 11 is 0. The first kappa shape index (κ1) is 10.9. The molecule has 1 aliphatic carbocycles. The number of carbonyl (C=O) groups excluding carboxylic acids is 1. The van der Waals surface area contributed by atoms with Crippen LogP contribution in [0, 0.1) is 23.3 Å². The van der Waals surface area contributed by atoms with Gasteiger partial charge >= 0.3 is 0 Å². The van der Waals surface area contributed by atoms with Crippen LogP contribution in [0.2, 0.25) is 0 Å². The molecule has 0 atom stereocenters. The van der Waals surface area contributed by atoms with Crippen LogP contribution in [0.15, 0.2) is 6.07 Å². The van der Waals surface area contributed by atoms with Crippen molar-refractivity contribution in [3.05, 3.63) is 29.3 Å². The molecule has 6 heteroatoms. The summed E-state index contributed by atoms with van der Waals surface area (Å²) in [7, 11) is 0. The van der Waals surface area contributed by atoms with Crippen LogP contribution in [-0.2, 0) is 4.79 Å². The minimum absolute atomic E-state index is 0.00296. The molecule has 0 spiro atoms. The smallest absolute Gasteiger partial charge is 0.203 e. The van der Waals surface area contributed by atoms with Crippen molar-refractivity contribution in [3.8, 4) is 5.75 Å². The van der Waals surface area contributed by atoms with Gasteiger partial charge in [-0.1, -0.05) is 0 Å². The molecule has 0 radical (unpaired) electrons. The number of carbonyl (C=O) groups is 1. The number of benzene rings is 1. The first-order chi connectivity index (χ1) is 7.49. The molecule has 0 amide bonds. The number of ether oxygens (including phenoxy) is 1. The molecule has 16 heavy (non-hydrogen) atoms. The molecule has 0 aromatic heterocycles. The van der Waals surface area contributed by atoms with Crippen molar-refractivity contribution in [3.63, 3.8) is 0 Å². The zero-order valence-electron chi connectivity index (χ0n) is 7.90. The Kier molecular flexibility index (Phi) is 2.57. The van der Waals surface area contributed by atoms with E-state index >= 15 is 0 Å². The number of Topliss-reactive ketones (excluding diaryl/α,β-unsaturated/α-hetero) is 1. The van der Waals surface area contributed by atoms with Gasteiger partial charge in [0.1, 0.15) is 11.9 Å². The highest BCUT2D eigenvalue weighted by atomic mass is 19.2. The van der Waals surface area contributed by atoms with Crippen molar-refractivity contribution in [2.75, 3.05) is 0 Å². The summed E-state index contributed by atoms with van der Waals surface area (Å²) < 4.78 is 56.3. The fraction of sp³-hybridized carbons (Fsp3) is 0.300. The lowest BCUT2D eigenvalue weighted by Crippen LogP contribution is -2.34. The maximum Gasteiger partial charge on any atom is 0.203 e. The standard InChI is InChI=1S/C10H6F4O2/c11-6-3-7(12)9(14)10(8(6)13)16-5-1-4(15)2-5/h3,5H,1-2H2. The Labute approximate surface area is 87.8 Å². The normalized spacial score (nSPS) is 16.1. The van der Waals surface area contributed by atoms with Gasteiger partial charge in [-0.25, -0.2) is 8.78 Å². The van der Waals surface area contributed by atoms with E-state index in [1.54, 1.807) is 0 Å². The van der Waals surface area contributed by atoms with Gasteiger partial charge in [0, 0.05) is 18.9 Å². The highest BCUT2D eigenvalue weighted by molar-refractivity contribution is 5.85. The molecule has 1 aromatic rings. The summed E-state index contributed by atoms with van der Waals surface area (Å²) in [6.07, 6.45) is -0.716. The SMILES string of the molecule is O=C1CC(Oc2c(F)c(F)cc(F)c2F)C1. The third kappa shape index (κ3) is 1.75. The van der Waals surface area contributed by atoms with Crippen LogP contribution < -0.4 is 4.74 Å². The Morgan fingerprint density at radius 1 is 1.06 bits per heavy atom. The molecule has 0 unspecified atom stereocenters. The number of hydrogen-bond donors (Lipinski definition) is 0. The van der Waals surface area contributed by atoms with Crippen molar-refractivity contribution in [1.82, 2.24) is 0 Å². The van der Waals surface area contributed by atoms with E-state index in [1.807, 2.05) is 0 Å². The van der Waals surface area contributed by atoms with E-state index < -0.39 is 35.1 Å². The topological polar surface area (TPSA) is 26.3 Å². The van der Waals surface area contributed by atoms with Crippen LogP contribution in [0.5, 0.6) is 5.75 Å². The predicted octanol–water partition coefficient (Wildman–Crippen LogP) is 2.35. The average Bonchev–Trinajstić information content (AvgIpc) is 2.18. The Morgan fingerprint density at radius 3 is 2.00 bits per heavy atom. The molecule has 86 valence electrons. The van der Waals surface area contributed by atoms with Gasteiger partial charge in [0.15, 0.2) is 17.4 Å². The summed E-state index contributed by atoms with van der Waals surface area (Å²) in [5.41, 5.74) is 0. The Bertz CT molecular complexity index is 424. The summed E-state index contributed by atoms with van der Waals surface area (Å²) in [4.78, 5) is 10.6. The van der Waals surface area contributed by atoms with Crippen LogP contribution in [0.3, 0.4) is 0 Å². The maximum atomic E-state index is 13.1. The number of hydrogen-bond acceptors (Lipinski definition) is 2. The summed E-state index contributed by atoms with van der Waals surface area (Å²) in [5.74, 6) is -7.45. The lowest BCUT2D eigenvalue weighted by molar-refractivity contribution is -0.129. The fourth-order valence-corrected chi connectivity index (χ4v) is 1.35. The van der Waals surface area contributed by atoms with Crippen LogP contribution >= 0.6 is 0 Å². The van der Waals surface area contributed by atoms with Crippen molar-refractivity contribution in [1.29, 1.82) is 0 Å². The lowest BCUT2D eigenvalue weighted by atomic mass is 9.94. The van der Waals surface area contributed by atoms with E-state index in [0.717, 1.165) is 0 Å². The van der Waals surface area contributed by atoms with E-state index in [0.29, 0.717) is 0 Å². The van der Waals surface area contributed by atoms with Crippen LogP contribution in [0.1, 0.15) is 12.8 Å². The van der Waals surface area contributed by atoms with Crippen molar-refractivity contribution in [2.45, 2.75) is 18.9 Å². The largest absolute Gasteiger partial charge is 0.483 e. The second kappa shape index (κ2) is 3.77. The van der Waals surface area contributed by atoms with Crippen molar-refractivity contribution < 1.29 is 27.1 Å². The Morgan fingerprint density at radius 2 is 1.56 bits per heavy atom. The monoisotopic (exact) mass is 234 g/mol. The first-order valence-electron chi connectivity index (χ1n) is 4.50. The van der Waals surface area contributed by atoms with Gasteiger partial charge in [-0.05, 0) is 0 Å². The van der Waals surface area contributed by atoms with Crippen LogP contribution in [-0.4, -0.2) is 11.9 Å². The summed E-state index contributed by atoms with van der Waals surface area (Å²) in [6, 6.07) is 0.101. The van der Waals surface area contributed by atoms with E-state index in [4.69, 9.17) is 4.74 Å². The summed E-state index contributed by atoms with van der Waals surface area (Å²) in [5, 5.41) is 0. The van der Waals surface area contributed by atoms with Gasteiger partial charge in [-0.2, -0.15) is 8.78 Å². The Hall–Kier alpha value is -1.59. The molecular formula is C10H6F4O2. The molecule has 1 fully saturated rings. The van der Waals surface area contributed by atoms with E-state index in [-0.39, 0.29) is 24.7 Å².